The molecule has 24 heavy (non-hydrogen) atoms. The Balaban J connectivity index is 2.50. The lowest BCUT2D eigenvalue weighted by Gasteiger charge is -2.27. The molecule has 3 heteroatoms. The summed E-state index contributed by atoms with van der Waals surface area (Å²) in [5.41, 5.74) is -0.0824. The van der Waals surface area contributed by atoms with Crippen molar-refractivity contribution in [3.8, 4) is 0 Å². The Morgan fingerprint density at radius 3 is 1.96 bits per heavy atom. The van der Waals surface area contributed by atoms with Crippen LogP contribution in [0.5, 0.6) is 0 Å². The molecule has 0 heterocycles. The van der Waals surface area contributed by atoms with E-state index in [0.717, 1.165) is 36.3 Å². The van der Waals surface area contributed by atoms with Gasteiger partial charge in [-0.2, -0.15) is 0 Å². The van der Waals surface area contributed by atoms with E-state index in [1.165, 1.54) is 0 Å². The SMILES string of the molecule is CCCCCC(/C=C/CO)P(=O)(c1ccccc1)c1ccccc1. The van der Waals surface area contributed by atoms with Crippen molar-refractivity contribution in [1.82, 2.24) is 0 Å². The Kier molecular flexibility index (Phi) is 7.49. The van der Waals surface area contributed by atoms with E-state index in [1.54, 1.807) is 6.08 Å². The van der Waals surface area contributed by atoms with Gasteiger partial charge in [0.2, 0.25) is 0 Å². The summed E-state index contributed by atoms with van der Waals surface area (Å²) in [4.78, 5) is 0. The van der Waals surface area contributed by atoms with Crippen molar-refractivity contribution in [3.05, 3.63) is 72.8 Å². The van der Waals surface area contributed by atoms with Crippen molar-refractivity contribution in [3.63, 3.8) is 0 Å². The summed E-state index contributed by atoms with van der Waals surface area (Å²) in [6, 6.07) is 19.6. The largest absolute Gasteiger partial charge is 0.392 e. The van der Waals surface area contributed by atoms with Gasteiger partial charge < -0.3 is 9.67 Å². The highest BCUT2D eigenvalue weighted by Gasteiger charge is 2.34. The van der Waals surface area contributed by atoms with E-state index in [4.69, 9.17) is 0 Å². The fraction of sp³-hybridized carbons (Fsp3) is 0.333. The number of benzene rings is 2. The number of allylic oxidation sites excluding steroid dienone is 1. The average Bonchev–Trinajstić information content (AvgIpc) is 2.65. The predicted octanol–water partition coefficient (Wildman–Crippen LogP) is 4.50. The molecule has 1 N–H and O–H groups in total. The second-order valence-electron chi connectivity index (χ2n) is 6.00. The molecule has 2 rings (SSSR count). The van der Waals surface area contributed by atoms with Crippen LogP contribution in [-0.2, 0) is 4.57 Å². The molecule has 0 aliphatic carbocycles. The van der Waals surface area contributed by atoms with Gasteiger partial charge in [-0.3, -0.25) is 0 Å². The molecule has 0 amide bonds. The molecule has 0 bridgehead atoms. The van der Waals surface area contributed by atoms with Gasteiger partial charge in [0.25, 0.3) is 0 Å². The second kappa shape index (κ2) is 9.61. The minimum absolute atomic E-state index is 0.0200. The Morgan fingerprint density at radius 1 is 0.958 bits per heavy atom. The van der Waals surface area contributed by atoms with Crippen LogP contribution in [0.4, 0.5) is 0 Å². The van der Waals surface area contributed by atoms with Gasteiger partial charge >= 0.3 is 0 Å². The molecule has 0 fully saturated rings. The third-order valence-electron chi connectivity index (χ3n) is 4.31. The van der Waals surface area contributed by atoms with Crippen LogP contribution < -0.4 is 10.6 Å². The maximum atomic E-state index is 14.3. The van der Waals surface area contributed by atoms with Crippen LogP contribution in [0.25, 0.3) is 0 Å². The highest BCUT2D eigenvalue weighted by Crippen LogP contribution is 2.51. The molecule has 0 spiro atoms. The van der Waals surface area contributed by atoms with E-state index in [-0.39, 0.29) is 12.3 Å². The number of aliphatic hydroxyl groups is 1. The molecule has 2 nitrogen and oxygen atoms in total. The van der Waals surface area contributed by atoms with Gasteiger partial charge in [0.05, 0.1) is 6.61 Å². The quantitative estimate of drug-likeness (QED) is 0.414. The van der Waals surface area contributed by atoms with E-state index in [9.17, 15) is 9.67 Å². The van der Waals surface area contributed by atoms with Crippen molar-refractivity contribution in [2.24, 2.45) is 0 Å². The molecule has 1 unspecified atom stereocenters. The first-order chi connectivity index (χ1) is 11.7. The van der Waals surface area contributed by atoms with Crippen LogP contribution >= 0.6 is 7.14 Å². The highest BCUT2D eigenvalue weighted by molar-refractivity contribution is 7.79. The number of unbranched alkanes of at least 4 members (excludes halogenated alkanes) is 2. The van der Waals surface area contributed by atoms with Crippen LogP contribution in [0.15, 0.2) is 72.8 Å². The smallest absolute Gasteiger partial charge is 0.149 e. The molecular formula is C21H27O2P. The third kappa shape index (κ3) is 4.47. The van der Waals surface area contributed by atoms with Crippen molar-refractivity contribution >= 4 is 17.8 Å². The Bertz CT molecular complexity index is 621. The van der Waals surface area contributed by atoms with Gasteiger partial charge in [-0.05, 0) is 6.42 Å². The van der Waals surface area contributed by atoms with Crippen LogP contribution in [0.3, 0.4) is 0 Å². The summed E-state index contributed by atoms with van der Waals surface area (Å²) in [6.45, 7) is 2.15. The molecule has 1 atom stereocenters. The first kappa shape index (κ1) is 18.7. The topological polar surface area (TPSA) is 37.3 Å². The molecule has 0 aliphatic rings. The fourth-order valence-corrected chi connectivity index (χ4v) is 6.26. The van der Waals surface area contributed by atoms with E-state index in [1.807, 2.05) is 66.7 Å². The minimum Gasteiger partial charge on any atom is -0.392 e. The van der Waals surface area contributed by atoms with E-state index < -0.39 is 7.14 Å². The minimum atomic E-state index is -2.80. The highest BCUT2D eigenvalue weighted by atomic mass is 31.2. The van der Waals surface area contributed by atoms with Crippen LogP contribution in [-0.4, -0.2) is 17.4 Å². The van der Waals surface area contributed by atoms with Crippen LogP contribution in [0.2, 0.25) is 0 Å². The molecule has 0 aliphatic heterocycles. The summed E-state index contributed by atoms with van der Waals surface area (Å²) in [6.07, 6.45) is 7.86. The number of hydrogen-bond acceptors (Lipinski definition) is 2. The normalized spacial score (nSPS) is 13.2. The molecule has 0 saturated carbocycles. The standard InChI is InChI=1S/C21H27O2P/c1-2-3-6-12-21(17-11-18-22)24(23,19-13-7-4-8-14-19)20-15-9-5-10-16-20/h4-5,7-11,13-17,21-22H,2-3,6,12,18H2,1H3/b17-11+. The lowest BCUT2D eigenvalue weighted by Crippen LogP contribution is -2.25. The fourth-order valence-electron chi connectivity index (χ4n) is 3.05. The van der Waals surface area contributed by atoms with Crippen molar-refractivity contribution in [1.29, 1.82) is 0 Å². The van der Waals surface area contributed by atoms with E-state index in [0.29, 0.717) is 0 Å². The summed E-state index contributed by atoms with van der Waals surface area (Å²) >= 11 is 0. The zero-order chi connectivity index (χ0) is 17.3. The molecular weight excluding hydrogens is 315 g/mol. The van der Waals surface area contributed by atoms with Gasteiger partial charge in [0.15, 0.2) is 0 Å². The Labute approximate surface area is 145 Å². The van der Waals surface area contributed by atoms with Gasteiger partial charge in [-0.15, -0.1) is 0 Å². The lowest BCUT2D eigenvalue weighted by atomic mass is 10.1. The number of rotatable bonds is 9. The number of hydrogen-bond donors (Lipinski definition) is 1. The van der Waals surface area contributed by atoms with Gasteiger partial charge in [-0.1, -0.05) is 99.0 Å². The maximum Gasteiger partial charge on any atom is 0.149 e. The van der Waals surface area contributed by atoms with Gasteiger partial charge in [0.1, 0.15) is 7.14 Å². The predicted molar refractivity (Wildman–Crippen MR) is 104 cm³/mol. The zero-order valence-corrected chi connectivity index (χ0v) is 15.2. The summed E-state index contributed by atoms with van der Waals surface area (Å²) in [5, 5.41) is 11.0. The van der Waals surface area contributed by atoms with Crippen molar-refractivity contribution in [2.45, 2.75) is 38.3 Å². The molecule has 128 valence electrons. The van der Waals surface area contributed by atoms with Crippen LogP contribution in [0, 0.1) is 0 Å². The van der Waals surface area contributed by atoms with Gasteiger partial charge in [0, 0.05) is 16.3 Å². The molecule has 2 aromatic carbocycles. The first-order valence-electron chi connectivity index (χ1n) is 8.72. The average molecular weight is 342 g/mol. The lowest BCUT2D eigenvalue weighted by molar-refractivity contribution is 0.342. The molecule has 0 aromatic heterocycles. The number of aliphatic hydroxyl groups excluding tert-OH is 1. The van der Waals surface area contributed by atoms with E-state index >= 15 is 0 Å². The molecule has 0 radical (unpaired) electrons. The Morgan fingerprint density at radius 2 is 1.50 bits per heavy atom. The second-order valence-corrected chi connectivity index (χ2v) is 9.01. The summed E-state index contributed by atoms with van der Waals surface area (Å²) < 4.78 is 14.3. The van der Waals surface area contributed by atoms with Crippen molar-refractivity contribution in [2.75, 3.05) is 6.61 Å². The Hall–Kier alpha value is -1.63. The summed E-state index contributed by atoms with van der Waals surface area (Å²) in [7, 11) is -2.80. The summed E-state index contributed by atoms with van der Waals surface area (Å²) in [5.74, 6) is 0. The van der Waals surface area contributed by atoms with E-state index in [2.05, 4.69) is 6.92 Å². The molecule has 0 saturated heterocycles. The first-order valence-corrected chi connectivity index (χ1v) is 10.5. The maximum absolute atomic E-state index is 14.3. The zero-order valence-electron chi connectivity index (χ0n) is 14.3. The third-order valence-corrected chi connectivity index (χ3v) is 7.81. The van der Waals surface area contributed by atoms with Crippen LogP contribution in [0.1, 0.15) is 32.6 Å². The monoisotopic (exact) mass is 342 g/mol. The van der Waals surface area contributed by atoms with Crippen molar-refractivity contribution < 1.29 is 9.67 Å². The molecule has 2 aromatic rings. The van der Waals surface area contributed by atoms with Gasteiger partial charge in [-0.25, -0.2) is 0 Å².